The van der Waals surface area contributed by atoms with E-state index in [1.54, 1.807) is 55.4 Å². The summed E-state index contributed by atoms with van der Waals surface area (Å²) in [6.45, 7) is 13.2. The first-order valence-corrected chi connectivity index (χ1v) is 51.7. The number of amides is 19. The Kier molecular flexibility index (Phi) is 60.0. The van der Waals surface area contributed by atoms with Crippen LogP contribution in [0, 0.1) is 34.5 Å². The molecule has 0 aromatic heterocycles. The summed E-state index contributed by atoms with van der Waals surface area (Å²) in [5.74, 6) is -22.0. The number of carboxylic acid groups (broad SMARTS) is 1. The average Bonchev–Trinajstić information content (AvgIpc) is 1.64. The Morgan fingerprint density at radius 2 is 0.593 bits per heavy atom. The lowest BCUT2D eigenvalue weighted by atomic mass is 9.98. The van der Waals surface area contributed by atoms with Gasteiger partial charge in [-0.25, -0.2) is 4.79 Å². The Morgan fingerprint density at radius 3 is 0.993 bits per heavy atom. The van der Waals surface area contributed by atoms with Crippen LogP contribution in [0.1, 0.15) is 224 Å². The second kappa shape index (κ2) is 68.4. The Bertz CT molecular complexity index is 4460. The molecule has 0 aromatic rings. The molecule has 3 rings (SSSR count). The van der Waals surface area contributed by atoms with E-state index in [1.165, 1.54) is 18.7 Å². The van der Waals surface area contributed by atoms with Crippen molar-refractivity contribution in [2.24, 2.45) is 63.8 Å². The number of likely N-dealkylation sites (tertiary alicyclic amines) is 3. The van der Waals surface area contributed by atoms with Crippen molar-refractivity contribution in [1.82, 2.24) is 110 Å². The van der Waals surface area contributed by atoms with E-state index in [0.29, 0.717) is 58.0 Å². The number of carbonyl (C=O) groups excluding carboxylic acids is 19. The molecular formula is C94H170N30O26. The monoisotopic (exact) mass is 2140 g/mol. The molecule has 40 N–H and O–H groups in total. The van der Waals surface area contributed by atoms with Gasteiger partial charge in [-0.1, -0.05) is 61.8 Å². The average molecular weight is 2140 g/mol. The van der Waals surface area contributed by atoms with Gasteiger partial charge in [0.2, 0.25) is 112 Å². The van der Waals surface area contributed by atoms with Crippen molar-refractivity contribution in [1.29, 1.82) is 10.8 Å². The van der Waals surface area contributed by atoms with Crippen molar-refractivity contribution < 1.29 is 127 Å². The first-order valence-electron chi connectivity index (χ1n) is 51.7. The molecule has 21 atom stereocenters. The van der Waals surface area contributed by atoms with E-state index in [-0.39, 0.29) is 154 Å². The van der Waals surface area contributed by atoms with Gasteiger partial charge in [0.25, 0.3) is 0 Å². The number of nitrogens with two attached hydrogens (primary N) is 7. The first kappa shape index (κ1) is 132. The van der Waals surface area contributed by atoms with Crippen molar-refractivity contribution in [3.05, 3.63) is 0 Å². The number of unbranched alkanes of at least 4 members (excludes halogenated alkanes) is 4. The molecule has 3 aliphatic heterocycles. The smallest absolute Gasteiger partial charge is 0.326 e. The predicted molar refractivity (Wildman–Crippen MR) is 546 cm³/mol. The molecule has 56 heteroatoms. The number of hydrogen-bond acceptors (Lipinski definition) is 32. The molecule has 3 fully saturated rings. The summed E-state index contributed by atoms with van der Waals surface area (Å²) in [6.07, 6.45) is 2.33. The number of aliphatic hydroxyl groups is 5. The SMILES string of the molecule is CC(C)C[C@H](NC(=O)[C@H](CCCNC(=N)N)NC(=O)[C@H](CO)NC(=O)[C@H](CCCCN)NC(=O)[C@H](C)NC(=O)[C@H](CO)NC(=O)[C@H](CO)NC(=O)[C@@H]1CCCN1C(=O)[C@H](CO)NC(=O)[C@H](CCCCN)NC(=O)[C@@H]1CCCN1C(=O)[C@@H]1CCCN1C(=O)[C@@H](NC(=O)[C@H](CCCNC(=N)N)NC(=O)[C@@H](NC(=O)[C@@H](NC(=O)[C@H](C)NC(=O)[C@@H](NC(=O)[C@H](CCCCN)NC(=O)[C@@H](N)CCCCN)C(C)C)C(C)C)C(C)C)[C@@H](C)O)C(=O)O. The van der Waals surface area contributed by atoms with Crippen molar-refractivity contribution in [3.63, 3.8) is 0 Å². The summed E-state index contributed by atoms with van der Waals surface area (Å²) in [4.78, 5) is 284. The number of carbonyl (C=O) groups is 20. The fraction of sp³-hybridized carbons (Fsp3) is 0.766. The highest BCUT2D eigenvalue weighted by atomic mass is 16.4. The molecule has 150 heavy (non-hydrogen) atoms. The third kappa shape index (κ3) is 44.2. The minimum atomic E-state index is -1.89. The minimum absolute atomic E-state index is 0.00123. The zero-order valence-corrected chi connectivity index (χ0v) is 88.1. The van der Waals surface area contributed by atoms with Gasteiger partial charge in [0.15, 0.2) is 11.9 Å². The molecule has 0 radical (unpaired) electrons. The van der Waals surface area contributed by atoms with Gasteiger partial charge in [-0.05, 0) is 212 Å². The Morgan fingerprint density at radius 1 is 0.313 bits per heavy atom. The quantitative estimate of drug-likeness (QED) is 0.0153. The lowest BCUT2D eigenvalue weighted by Gasteiger charge is -2.34. The second-order valence-electron chi connectivity index (χ2n) is 39.5. The van der Waals surface area contributed by atoms with Gasteiger partial charge in [-0.2, -0.15) is 0 Å². The molecule has 0 aromatic carbocycles. The molecule has 56 nitrogen and oxygen atoms in total. The number of nitrogens with zero attached hydrogens (tertiary/aromatic N) is 3. The molecule has 0 bridgehead atoms. The van der Waals surface area contributed by atoms with Gasteiger partial charge < -0.3 is 181 Å². The van der Waals surface area contributed by atoms with Crippen LogP contribution in [0.15, 0.2) is 0 Å². The van der Waals surface area contributed by atoms with Crippen LogP contribution in [0.5, 0.6) is 0 Å². The lowest BCUT2D eigenvalue weighted by Crippen LogP contribution is -2.62. The summed E-state index contributed by atoms with van der Waals surface area (Å²) in [7, 11) is 0. The summed E-state index contributed by atoms with van der Waals surface area (Å²) >= 11 is 0. The summed E-state index contributed by atoms with van der Waals surface area (Å²) in [5.41, 5.74) is 39.9. The Hall–Kier alpha value is -12.5. The molecule has 0 saturated carbocycles. The number of nitrogens with one attached hydrogen (secondary N) is 20. The van der Waals surface area contributed by atoms with E-state index in [9.17, 15) is 127 Å². The molecule has 3 aliphatic rings. The normalized spacial score (nSPS) is 18.0. The minimum Gasteiger partial charge on any atom is -0.480 e. The summed E-state index contributed by atoms with van der Waals surface area (Å²) < 4.78 is 0. The second-order valence-corrected chi connectivity index (χ2v) is 39.5. The van der Waals surface area contributed by atoms with Crippen molar-refractivity contribution in [3.8, 4) is 0 Å². The van der Waals surface area contributed by atoms with Crippen LogP contribution in [-0.4, -0.2) is 388 Å². The third-order valence-electron chi connectivity index (χ3n) is 25.6. The largest absolute Gasteiger partial charge is 0.480 e. The Labute approximate surface area is 874 Å². The van der Waals surface area contributed by atoms with Gasteiger partial charge in [0.05, 0.1) is 38.6 Å². The molecular weight excluding hydrogens is 1970 g/mol. The van der Waals surface area contributed by atoms with Gasteiger partial charge in [-0.3, -0.25) is 102 Å². The van der Waals surface area contributed by atoms with Crippen molar-refractivity contribution in [2.45, 2.75) is 351 Å². The molecule has 0 spiro atoms. The number of guanidine groups is 2. The maximum atomic E-state index is 14.9. The maximum Gasteiger partial charge on any atom is 0.326 e. The van der Waals surface area contributed by atoms with Crippen LogP contribution < -0.4 is 136 Å². The van der Waals surface area contributed by atoms with Crippen LogP contribution in [-0.2, 0) is 95.9 Å². The molecule has 3 heterocycles. The van der Waals surface area contributed by atoms with Gasteiger partial charge >= 0.3 is 5.97 Å². The predicted octanol–water partition coefficient (Wildman–Crippen LogP) is -11.4. The van der Waals surface area contributed by atoms with Crippen molar-refractivity contribution in [2.75, 3.05) is 85.3 Å². The fourth-order valence-corrected chi connectivity index (χ4v) is 17.0. The number of aliphatic carboxylic acids is 1. The summed E-state index contributed by atoms with van der Waals surface area (Å²) in [5, 5.41) is 123. The first-order chi connectivity index (χ1) is 70.8. The van der Waals surface area contributed by atoms with E-state index in [0.717, 1.165) is 16.7 Å². The number of rotatable bonds is 70. The Balaban J connectivity index is 1.78. The van der Waals surface area contributed by atoms with E-state index < -0.39 is 301 Å². The van der Waals surface area contributed by atoms with Crippen molar-refractivity contribution >= 4 is 130 Å². The highest BCUT2D eigenvalue weighted by Gasteiger charge is 2.48. The molecule has 0 aliphatic carbocycles. The lowest BCUT2D eigenvalue weighted by molar-refractivity contribution is -0.149. The van der Waals surface area contributed by atoms with Gasteiger partial charge in [-0.15, -0.1) is 0 Å². The molecule has 0 unspecified atom stereocenters. The maximum absolute atomic E-state index is 14.9. The van der Waals surface area contributed by atoms with E-state index in [1.807, 2.05) is 0 Å². The van der Waals surface area contributed by atoms with Gasteiger partial charge in [0, 0.05) is 32.7 Å². The number of hydrogen-bond donors (Lipinski definition) is 33. The standard InChI is InChI=1S/C94H170N30O26/c1-48(2)43-61(92(149)150)113-76(133)59(29-20-38-104-93(100)101)110-82(139)63(45-126)114-77(134)56(26-13-17-35-96)108-73(130)52(9)106-81(138)62(44-125)115-83(140)64(46-127)116-85(142)66-31-22-40-122(66)89(146)65(47-128)117-78(135)57(27-14-18-36-97)111-84(141)67-32-23-41-123(67)90(147)68-33-24-42-124(68)91(148)72(54(11)129)121-80(137)60(30-21-39-105-94(102)103)112-87(144)70(50(5)6)120-88(145)71(51(7)8)118-74(131)53(10)107-86(143)69(49(3)4)119-79(136)58(28-15-19-37-98)109-75(132)55(99)25-12-16-34-95/h48-72,125-129H,12-47,95-99H2,1-11H3,(H,106,138)(H,107,143)(H,108,130)(H,109,132)(H,110,139)(H,111,141)(H,112,144)(H,113,133)(H,114,134)(H,115,140)(H,116,142)(H,117,135)(H,118,131)(H,119,136)(H,120,145)(H,121,137)(H,149,150)(H4,100,101,104)(H4,102,103,105)/t52-,53-,54+,55-,56-,57-,58-,59-,60-,61-,62-,63-,64-,65-,66-,67-,68-,69-,70-,71-,72-/m0/s1. The van der Waals surface area contributed by atoms with Crippen LogP contribution in [0.2, 0.25) is 0 Å². The number of aliphatic hydroxyl groups excluding tert-OH is 5. The molecule has 3 saturated heterocycles. The summed E-state index contributed by atoms with van der Waals surface area (Å²) in [6, 6.07) is -29.4. The molecule has 852 valence electrons. The van der Waals surface area contributed by atoms with Crippen LogP contribution in [0.3, 0.4) is 0 Å². The zero-order valence-electron chi connectivity index (χ0n) is 88.1. The van der Waals surface area contributed by atoms with E-state index in [2.05, 4.69) is 95.7 Å². The molecule has 19 amide bonds. The fourth-order valence-electron chi connectivity index (χ4n) is 17.0. The van der Waals surface area contributed by atoms with E-state index in [4.69, 9.17) is 51.0 Å². The van der Waals surface area contributed by atoms with E-state index >= 15 is 0 Å². The van der Waals surface area contributed by atoms with Crippen LogP contribution >= 0.6 is 0 Å². The highest BCUT2D eigenvalue weighted by Crippen LogP contribution is 2.28. The third-order valence-corrected chi connectivity index (χ3v) is 25.6. The topological polar surface area (TPSA) is 919 Å². The highest BCUT2D eigenvalue weighted by molar-refractivity contribution is 6.03. The van der Waals surface area contributed by atoms with Gasteiger partial charge in [0.1, 0.15) is 115 Å². The van der Waals surface area contributed by atoms with Crippen LogP contribution in [0.25, 0.3) is 0 Å². The number of carboxylic acids is 1. The van der Waals surface area contributed by atoms with Crippen LogP contribution in [0.4, 0.5) is 0 Å². The zero-order chi connectivity index (χ0) is 113.